The first kappa shape index (κ1) is 27.2. The van der Waals surface area contributed by atoms with E-state index < -0.39 is 11.2 Å². The molecule has 10 heteroatoms. The molecule has 1 aliphatic carbocycles. The number of aromatic amines is 1. The molecule has 0 fully saturated rings. The van der Waals surface area contributed by atoms with E-state index in [1.807, 2.05) is 25.1 Å². The highest BCUT2D eigenvalue weighted by molar-refractivity contribution is 8.00. The molecule has 0 bridgehead atoms. The van der Waals surface area contributed by atoms with E-state index in [-0.39, 0.29) is 12.5 Å². The first-order chi connectivity index (χ1) is 20.0. The molecule has 210 valence electrons. The molecule has 1 aliphatic rings. The molecule has 5 aromatic rings. The molecule has 0 radical (unpaired) electrons. The molecule has 0 aliphatic heterocycles. The maximum absolute atomic E-state index is 13.4. The number of imidazole rings is 1. The third-order valence-corrected chi connectivity index (χ3v) is 9.27. The van der Waals surface area contributed by atoms with Gasteiger partial charge in [0.15, 0.2) is 16.7 Å². The monoisotopic (exact) mass is 587 g/mol. The van der Waals surface area contributed by atoms with Crippen molar-refractivity contribution in [2.24, 2.45) is 0 Å². The average Bonchev–Trinajstić information content (AvgIpc) is 3.79. The topological polar surface area (TPSA) is 110 Å². The molecule has 1 amide bonds. The number of anilines is 1. The van der Waals surface area contributed by atoms with Gasteiger partial charge >= 0.3 is 5.97 Å². The molecule has 41 heavy (non-hydrogen) atoms. The number of hydrogen-bond acceptors (Lipinski definition) is 8. The Kier molecular flexibility index (Phi) is 7.84. The van der Waals surface area contributed by atoms with Crippen LogP contribution in [0.2, 0.25) is 0 Å². The number of rotatable bonds is 9. The Morgan fingerprint density at radius 3 is 2.59 bits per heavy atom. The molecule has 0 saturated heterocycles. The number of fused-ring (bicyclic) bond motifs is 1. The van der Waals surface area contributed by atoms with E-state index in [9.17, 15) is 9.59 Å². The molecule has 6 rings (SSSR count). The zero-order valence-corrected chi connectivity index (χ0v) is 24.3. The van der Waals surface area contributed by atoms with Crippen LogP contribution >= 0.6 is 23.1 Å². The molecule has 2 unspecified atom stereocenters. The lowest BCUT2D eigenvalue weighted by atomic mass is 9.83. The Hall–Kier alpha value is -4.02. The number of nitrogens with one attached hydrogen (secondary N) is 2. The molecule has 4 heterocycles. The number of H-pyrrole nitrogens is 1. The summed E-state index contributed by atoms with van der Waals surface area (Å²) in [6.45, 7) is 3.87. The summed E-state index contributed by atoms with van der Waals surface area (Å²) >= 11 is 2.76. The summed E-state index contributed by atoms with van der Waals surface area (Å²) in [6, 6.07) is 17.7. The van der Waals surface area contributed by atoms with Crippen LogP contribution in [0, 0.1) is 0 Å². The van der Waals surface area contributed by atoms with E-state index in [0.717, 1.165) is 29.7 Å². The third kappa shape index (κ3) is 5.62. The predicted molar refractivity (Wildman–Crippen MR) is 159 cm³/mol. The number of thioether (sulfide) groups is 1. The van der Waals surface area contributed by atoms with E-state index >= 15 is 0 Å². The molecule has 0 saturated carbocycles. The van der Waals surface area contributed by atoms with Gasteiger partial charge in [-0.1, -0.05) is 42.1 Å². The van der Waals surface area contributed by atoms with Gasteiger partial charge in [-0.3, -0.25) is 4.79 Å². The van der Waals surface area contributed by atoms with Crippen LogP contribution in [0.4, 0.5) is 5.00 Å². The van der Waals surface area contributed by atoms with Crippen molar-refractivity contribution < 1.29 is 23.2 Å². The summed E-state index contributed by atoms with van der Waals surface area (Å²) in [6.07, 6.45) is 5.71. The standard InChI is InChI=1S/C31H29N3O5S2/c1-3-37-30(36)25-21-14-13-20(19-9-5-4-6-10-19)17-24(21)41-29(25)34-28(35)18(2)40-31-32-26(22-11-7-15-38-22)27(33-31)23-12-8-16-39-23/h4-12,15-16,18,20H,3,13-14,17H2,1-2H3,(H,32,33)(H,34,35). The number of ether oxygens (including phenoxy) is 1. The van der Waals surface area contributed by atoms with Gasteiger partial charge in [-0.2, -0.15) is 0 Å². The van der Waals surface area contributed by atoms with E-state index in [4.69, 9.17) is 18.6 Å². The van der Waals surface area contributed by atoms with Gasteiger partial charge in [-0.25, -0.2) is 9.78 Å². The summed E-state index contributed by atoms with van der Waals surface area (Å²) in [5.74, 6) is 0.963. The van der Waals surface area contributed by atoms with Gasteiger partial charge in [0.1, 0.15) is 16.4 Å². The van der Waals surface area contributed by atoms with Crippen LogP contribution in [0.25, 0.3) is 22.9 Å². The Morgan fingerprint density at radius 2 is 1.88 bits per heavy atom. The maximum Gasteiger partial charge on any atom is 0.341 e. The molecular formula is C31H29N3O5S2. The van der Waals surface area contributed by atoms with Crippen LogP contribution in [0.1, 0.15) is 52.5 Å². The van der Waals surface area contributed by atoms with Gasteiger partial charge in [0, 0.05) is 4.88 Å². The molecule has 2 atom stereocenters. The first-order valence-electron chi connectivity index (χ1n) is 13.5. The van der Waals surface area contributed by atoms with Crippen molar-refractivity contribution in [2.45, 2.75) is 49.4 Å². The van der Waals surface area contributed by atoms with Crippen LogP contribution in [0.15, 0.2) is 81.1 Å². The zero-order valence-electron chi connectivity index (χ0n) is 22.6. The van der Waals surface area contributed by atoms with Crippen LogP contribution < -0.4 is 5.32 Å². The Balaban J connectivity index is 1.23. The SMILES string of the molecule is CCOC(=O)c1c(NC(=O)C(C)Sc2nc(-c3ccco3)c(-c3ccco3)[nH]2)sc2c1CCC(c1ccccc1)C2. The number of nitrogens with zero attached hydrogens (tertiary/aromatic N) is 1. The number of benzene rings is 1. The van der Waals surface area contributed by atoms with E-state index in [2.05, 4.69) is 34.6 Å². The minimum Gasteiger partial charge on any atom is -0.463 e. The highest BCUT2D eigenvalue weighted by Gasteiger charge is 2.32. The Morgan fingerprint density at radius 1 is 1.12 bits per heavy atom. The summed E-state index contributed by atoms with van der Waals surface area (Å²) in [4.78, 5) is 35.6. The van der Waals surface area contributed by atoms with Gasteiger partial charge in [-0.15, -0.1) is 11.3 Å². The number of hydrogen-bond donors (Lipinski definition) is 2. The lowest BCUT2D eigenvalue weighted by Gasteiger charge is -2.23. The van der Waals surface area contributed by atoms with Crippen LogP contribution in [-0.4, -0.2) is 33.7 Å². The summed E-state index contributed by atoms with van der Waals surface area (Å²) in [5.41, 5.74) is 4.05. The molecule has 0 spiro atoms. The van der Waals surface area contributed by atoms with Crippen molar-refractivity contribution >= 4 is 40.0 Å². The van der Waals surface area contributed by atoms with Crippen molar-refractivity contribution in [3.63, 3.8) is 0 Å². The van der Waals surface area contributed by atoms with Crippen molar-refractivity contribution in [3.8, 4) is 22.9 Å². The van der Waals surface area contributed by atoms with Crippen molar-refractivity contribution in [1.82, 2.24) is 9.97 Å². The lowest BCUT2D eigenvalue weighted by Crippen LogP contribution is -2.23. The van der Waals surface area contributed by atoms with Crippen molar-refractivity contribution in [2.75, 3.05) is 11.9 Å². The first-order valence-corrected chi connectivity index (χ1v) is 15.2. The smallest absolute Gasteiger partial charge is 0.341 e. The van der Waals surface area contributed by atoms with Crippen LogP contribution in [-0.2, 0) is 22.4 Å². The number of amides is 1. The maximum atomic E-state index is 13.4. The average molecular weight is 588 g/mol. The van der Waals surface area contributed by atoms with E-state index in [1.165, 1.54) is 28.7 Å². The van der Waals surface area contributed by atoms with Gasteiger partial charge < -0.3 is 23.9 Å². The predicted octanol–water partition coefficient (Wildman–Crippen LogP) is 7.56. The second-order valence-corrected chi connectivity index (χ2v) is 12.2. The van der Waals surface area contributed by atoms with Gasteiger partial charge in [0.05, 0.1) is 29.9 Å². The minimum atomic E-state index is -0.513. The largest absolute Gasteiger partial charge is 0.463 e. The molecule has 1 aromatic carbocycles. The summed E-state index contributed by atoms with van der Waals surface area (Å²) in [7, 11) is 0. The number of thiophene rings is 1. The molecule has 2 N–H and O–H groups in total. The summed E-state index contributed by atoms with van der Waals surface area (Å²) in [5, 5.41) is 3.62. The second kappa shape index (κ2) is 11.8. The number of aromatic nitrogens is 2. The normalized spacial score (nSPS) is 15.3. The van der Waals surface area contributed by atoms with E-state index in [1.54, 1.807) is 31.6 Å². The number of carbonyl (C=O) groups is 2. The van der Waals surface area contributed by atoms with Crippen LogP contribution in [0.5, 0.6) is 0 Å². The minimum absolute atomic E-state index is 0.228. The lowest BCUT2D eigenvalue weighted by molar-refractivity contribution is -0.115. The van der Waals surface area contributed by atoms with Crippen LogP contribution in [0.3, 0.4) is 0 Å². The molecule has 8 nitrogen and oxygen atoms in total. The second-order valence-electron chi connectivity index (χ2n) is 9.75. The van der Waals surface area contributed by atoms with Gasteiger partial charge in [-0.05, 0) is 74.4 Å². The zero-order chi connectivity index (χ0) is 28.3. The highest BCUT2D eigenvalue weighted by atomic mass is 32.2. The fourth-order valence-corrected chi connectivity index (χ4v) is 7.26. The van der Waals surface area contributed by atoms with Gasteiger partial charge in [0.25, 0.3) is 0 Å². The molecular weight excluding hydrogens is 558 g/mol. The number of esters is 1. The fourth-order valence-electron chi connectivity index (χ4n) is 5.14. The Labute approximate surface area is 245 Å². The number of furan rings is 2. The van der Waals surface area contributed by atoms with E-state index in [0.29, 0.717) is 44.5 Å². The molecule has 4 aromatic heterocycles. The number of carbonyl (C=O) groups excluding carboxylic acids is 2. The fraction of sp³-hybridized carbons (Fsp3) is 0.258. The third-order valence-electron chi connectivity index (χ3n) is 7.11. The quantitative estimate of drug-likeness (QED) is 0.135. The van der Waals surface area contributed by atoms with Crippen molar-refractivity contribution in [1.29, 1.82) is 0 Å². The van der Waals surface area contributed by atoms with Crippen molar-refractivity contribution in [3.05, 3.63) is 88.7 Å². The Bertz CT molecular complexity index is 1590. The summed E-state index contributed by atoms with van der Waals surface area (Å²) < 4.78 is 16.6. The highest BCUT2D eigenvalue weighted by Crippen LogP contribution is 2.43. The van der Waals surface area contributed by atoms with Gasteiger partial charge in [0.2, 0.25) is 5.91 Å².